The summed E-state index contributed by atoms with van der Waals surface area (Å²) in [5.41, 5.74) is 0.333. The molecule has 0 unspecified atom stereocenters. The van der Waals surface area contributed by atoms with Crippen molar-refractivity contribution >= 4 is 23.2 Å². The van der Waals surface area contributed by atoms with Crippen molar-refractivity contribution in [1.82, 2.24) is 0 Å². The van der Waals surface area contributed by atoms with E-state index in [1.54, 1.807) is 24.3 Å². The van der Waals surface area contributed by atoms with Gasteiger partial charge in [-0.25, -0.2) is 4.39 Å². The average Bonchev–Trinajstić information content (AvgIpc) is 2.56. The smallest absolute Gasteiger partial charge is 0.262 e. The molecule has 24 heavy (non-hydrogen) atoms. The van der Waals surface area contributed by atoms with Crippen LogP contribution < -0.4 is 20.1 Å². The van der Waals surface area contributed by atoms with E-state index in [9.17, 15) is 14.0 Å². The highest BCUT2D eigenvalue weighted by Crippen LogP contribution is 2.25. The third kappa shape index (κ3) is 4.70. The highest BCUT2D eigenvalue weighted by atomic mass is 19.1. The molecular formula is C17H17FN2O4. The maximum Gasteiger partial charge on any atom is 0.262 e. The zero-order chi connectivity index (χ0) is 17.5. The molecule has 2 rings (SSSR count). The van der Waals surface area contributed by atoms with Crippen molar-refractivity contribution in [2.45, 2.75) is 6.92 Å². The molecule has 0 aliphatic rings. The van der Waals surface area contributed by atoms with Crippen molar-refractivity contribution in [1.29, 1.82) is 0 Å². The second kappa shape index (κ2) is 7.96. The first kappa shape index (κ1) is 17.3. The van der Waals surface area contributed by atoms with Crippen molar-refractivity contribution in [3.05, 3.63) is 48.3 Å². The fourth-order valence-electron chi connectivity index (χ4n) is 1.97. The summed E-state index contributed by atoms with van der Waals surface area (Å²) < 4.78 is 24.1. The molecule has 2 amide bonds. The van der Waals surface area contributed by atoms with Crippen LogP contribution in [-0.4, -0.2) is 25.5 Å². The molecule has 0 aromatic heterocycles. The first-order valence-corrected chi connectivity index (χ1v) is 7.12. The van der Waals surface area contributed by atoms with Crippen LogP contribution in [-0.2, 0) is 9.59 Å². The molecule has 0 saturated heterocycles. The standard InChI is InChI=1S/C17H17FN2O4/c1-11(21)19-14-9-12(7-8-13(14)18)20-17(22)10-24-16-6-4-3-5-15(16)23-2/h3-9H,10H2,1-2H3,(H,19,21)(H,20,22). The molecule has 2 aromatic carbocycles. The molecular weight excluding hydrogens is 315 g/mol. The van der Waals surface area contributed by atoms with E-state index < -0.39 is 17.6 Å². The van der Waals surface area contributed by atoms with Gasteiger partial charge in [-0.05, 0) is 30.3 Å². The van der Waals surface area contributed by atoms with E-state index in [2.05, 4.69) is 10.6 Å². The molecule has 0 fully saturated rings. The van der Waals surface area contributed by atoms with Crippen molar-refractivity contribution in [2.24, 2.45) is 0 Å². The predicted molar refractivity (Wildman–Crippen MR) is 87.8 cm³/mol. The van der Waals surface area contributed by atoms with Crippen molar-refractivity contribution < 1.29 is 23.5 Å². The average molecular weight is 332 g/mol. The van der Waals surface area contributed by atoms with Crippen LogP contribution in [0.4, 0.5) is 15.8 Å². The Kier molecular flexibility index (Phi) is 5.73. The first-order valence-electron chi connectivity index (χ1n) is 7.12. The van der Waals surface area contributed by atoms with E-state index in [1.807, 2.05) is 0 Å². The van der Waals surface area contributed by atoms with Crippen LogP contribution in [0.3, 0.4) is 0 Å². The maximum absolute atomic E-state index is 13.6. The molecule has 0 spiro atoms. The normalized spacial score (nSPS) is 9.96. The van der Waals surface area contributed by atoms with Crippen LogP contribution in [0.1, 0.15) is 6.92 Å². The van der Waals surface area contributed by atoms with Crippen LogP contribution in [0, 0.1) is 5.82 Å². The summed E-state index contributed by atoms with van der Waals surface area (Å²) in [7, 11) is 1.50. The quantitative estimate of drug-likeness (QED) is 0.853. The lowest BCUT2D eigenvalue weighted by Crippen LogP contribution is -2.20. The van der Waals surface area contributed by atoms with Gasteiger partial charge in [0.05, 0.1) is 12.8 Å². The van der Waals surface area contributed by atoms with E-state index in [1.165, 1.54) is 26.2 Å². The second-order valence-electron chi connectivity index (χ2n) is 4.86. The number of carbonyl (C=O) groups excluding carboxylic acids is 2. The number of ether oxygens (including phenoxy) is 2. The fraction of sp³-hybridized carbons (Fsp3) is 0.176. The predicted octanol–water partition coefficient (Wildman–Crippen LogP) is 2.81. The van der Waals surface area contributed by atoms with Crippen LogP contribution in [0.25, 0.3) is 0 Å². The van der Waals surface area contributed by atoms with Crippen LogP contribution >= 0.6 is 0 Å². The summed E-state index contributed by atoms with van der Waals surface area (Å²) in [6.45, 7) is 1.03. The van der Waals surface area contributed by atoms with Gasteiger partial charge < -0.3 is 20.1 Å². The van der Waals surface area contributed by atoms with E-state index >= 15 is 0 Å². The number of hydrogen-bond donors (Lipinski definition) is 2. The summed E-state index contributed by atoms with van der Waals surface area (Å²) in [4.78, 5) is 23.0. The Morgan fingerprint density at radius 1 is 1.08 bits per heavy atom. The number of amides is 2. The van der Waals surface area contributed by atoms with E-state index in [0.717, 1.165) is 6.07 Å². The number of hydrogen-bond acceptors (Lipinski definition) is 4. The Balaban J connectivity index is 1.98. The van der Waals surface area contributed by atoms with E-state index in [-0.39, 0.29) is 12.3 Å². The highest BCUT2D eigenvalue weighted by Gasteiger charge is 2.10. The fourth-order valence-corrected chi connectivity index (χ4v) is 1.97. The van der Waals surface area contributed by atoms with Crippen molar-refractivity contribution in [3.8, 4) is 11.5 Å². The third-order valence-electron chi connectivity index (χ3n) is 2.99. The zero-order valence-corrected chi connectivity index (χ0v) is 13.3. The molecule has 2 aromatic rings. The number of anilines is 2. The SMILES string of the molecule is COc1ccccc1OCC(=O)Nc1ccc(F)c(NC(C)=O)c1. The van der Waals surface area contributed by atoms with Crippen LogP contribution in [0.15, 0.2) is 42.5 Å². The molecule has 0 atom stereocenters. The van der Waals surface area contributed by atoms with Crippen molar-refractivity contribution in [3.63, 3.8) is 0 Å². The van der Waals surface area contributed by atoms with Crippen LogP contribution in [0.5, 0.6) is 11.5 Å². The number of carbonyl (C=O) groups is 2. The molecule has 7 heteroatoms. The van der Waals surface area contributed by atoms with Gasteiger partial charge in [-0.3, -0.25) is 9.59 Å². The Morgan fingerprint density at radius 3 is 2.46 bits per heavy atom. The number of para-hydroxylation sites is 2. The zero-order valence-electron chi connectivity index (χ0n) is 13.3. The van der Waals surface area contributed by atoms with E-state index in [4.69, 9.17) is 9.47 Å². The minimum atomic E-state index is -0.589. The Bertz CT molecular complexity index is 749. The van der Waals surface area contributed by atoms with Crippen molar-refractivity contribution in [2.75, 3.05) is 24.4 Å². The number of nitrogens with one attached hydrogen (secondary N) is 2. The number of methoxy groups -OCH3 is 1. The van der Waals surface area contributed by atoms with E-state index in [0.29, 0.717) is 17.2 Å². The number of rotatable bonds is 6. The molecule has 126 valence electrons. The first-order chi connectivity index (χ1) is 11.5. The molecule has 0 aliphatic heterocycles. The van der Waals surface area contributed by atoms with Gasteiger partial charge >= 0.3 is 0 Å². The minimum Gasteiger partial charge on any atom is -0.493 e. The lowest BCUT2D eigenvalue weighted by atomic mass is 10.2. The van der Waals surface area contributed by atoms with Gasteiger partial charge in [0.1, 0.15) is 5.82 Å². The highest BCUT2D eigenvalue weighted by molar-refractivity contribution is 5.94. The molecule has 6 nitrogen and oxygen atoms in total. The van der Waals surface area contributed by atoms with Gasteiger partial charge in [-0.15, -0.1) is 0 Å². The molecule has 0 saturated carbocycles. The summed E-state index contributed by atoms with van der Waals surface area (Å²) in [5.74, 6) is -0.472. The third-order valence-corrected chi connectivity index (χ3v) is 2.99. The Labute approximate surface area is 138 Å². The van der Waals surface area contributed by atoms with Gasteiger partial charge in [0, 0.05) is 12.6 Å². The molecule has 0 aliphatic carbocycles. The molecule has 0 bridgehead atoms. The van der Waals surface area contributed by atoms with Gasteiger partial charge in [-0.2, -0.15) is 0 Å². The molecule has 0 radical (unpaired) electrons. The Morgan fingerprint density at radius 2 is 1.79 bits per heavy atom. The summed E-state index contributed by atoms with van der Waals surface area (Å²) in [6.07, 6.45) is 0. The summed E-state index contributed by atoms with van der Waals surface area (Å²) in [5, 5.41) is 4.91. The largest absolute Gasteiger partial charge is 0.493 e. The molecule has 2 N–H and O–H groups in total. The lowest BCUT2D eigenvalue weighted by molar-refractivity contribution is -0.118. The van der Waals surface area contributed by atoms with Gasteiger partial charge in [0.15, 0.2) is 18.1 Å². The lowest BCUT2D eigenvalue weighted by Gasteiger charge is -2.11. The number of benzene rings is 2. The second-order valence-corrected chi connectivity index (χ2v) is 4.86. The maximum atomic E-state index is 13.6. The van der Waals surface area contributed by atoms with Gasteiger partial charge in [0.25, 0.3) is 5.91 Å². The van der Waals surface area contributed by atoms with Crippen LogP contribution in [0.2, 0.25) is 0 Å². The van der Waals surface area contributed by atoms with Gasteiger partial charge in [0.2, 0.25) is 5.91 Å². The minimum absolute atomic E-state index is 0.00838. The number of halogens is 1. The summed E-state index contributed by atoms with van der Waals surface area (Å²) in [6, 6.07) is 10.8. The molecule has 0 heterocycles. The Hall–Kier alpha value is -3.09. The summed E-state index contributed by atoms with van der Waals surface area (Å²) >= 11 is 0. The topological polar surface area (TPSA) is 76.7 Å². The monoisotopic (exact) mass is 332 g/mol. The van der Waals surface area contributed by atoms with Gasteiger partial charge in [-0.1, -0.05) is 12.1 Å².